The maximum absolute atomic E-state index is 12.8. The summed E-state index contributed by atoms with van der Waals surface area (Å²) in [6, 6.07) is 17.9. The summed E-state index contributed by atoms with van der Waals surface area (Å²) in [6.07, 6.45) is 0. The number of ether oxygens (including phenoxy) is 1. The molecule has 0 bridgehead atoms. The minimum absolute atomic E-state index is 0.284. The van der Waals surface area contributed by atoms with Gasteiger partial charge in [0.1, 0.15) is 5.75 Å². The van der Waals surface area contributed by atoms with E-state index in [9.17, 15) is 9.59 Å². The molecule has 0 radical (unpaired) electrons. The second kappa shape index (κ2) is 9.09. The van der Waals surface area contributed by atoms with Gasteiger partial charge < -0.3 is 15.4 Å². The molecule has 0 aliphatic rings. The molecule has 3 aromatic carbocycles. The van der Waals surface area contributed by atoms with Crippen LogP contribution in [0.3, 0.4) is 0 Å². The van der Waals surface area contributed by atoms with Gasteiger partial charge in [-0.25, -0.2) is 0 Å². The van der Waals surface area contributed by atoms with Crippen LogP contribution in [-0.4, -0.2) is 18.9 Å². The normalized spacial score (nSPS) is 10.3. The number of benzene rings is 3. The fourth-order valence-corrected chi connectivity index (χ4v) is 3.55. The molecule has 0 saturated heterocycles. The molecular formula is C23H21IN2O3. The highest BCUT2D eigenvalue weighted by molar-refractivity contribution is 14.1. The predicted octanol–water partition coefficient (Wildman–Crippen LogP) is 5.42. The van der Waals surface area contributed by atoms with E-state index in [4.69, 9.17) is 4.74 Å². The Morgan fingerprint density at radius 3 is 2.31 bits per heavy atom. The van der Waals surface area contributed by atoms with Gasteiger partial charge in [0.05, 0.1) is 21.9 Å². The minimum Gasteiger partial charge on any atom is -0.496 e. The first kappa shape index (κ1) is 20.9. The highest BCUT2D eigenvalue weighted by atomic mass is 127. The Balaban J connectivity index is 1.81. The minimum atomic E-state index is -0.294. The maximum atomic E-state index is 12.8. The lowest BCUT2D eigenvalue weighted by atomic mass is 10.1. The average molecular weight is 500 g/mol. The Hall–Kier alpha value is -2.87. The van der Waals surface area contributed by atoms with Gasteiger partial charge in [-0.15, -0.1) is 0 Å². The Kier molecular flexibility index (Phi) is 6.53. The predicted molar refractivity (Wildman–Crippen MR) is 124 cm³/mol. The summed E-state index contributed by atoms with van der Waals surface area (Å²) in [4.78, 5) is 25.5. The van der Waals surface area contributed by atoms with Crippen LogP contribution in [-0.2, 0) is 0 Å². The second-order valence-electron chi connectivity index (χ2n) is 6.60. The zero-order valence-electron chi connectivity index (χ0n) is 16.4. The number of nitrogens with one attached hydrogen (secondary N) is 2. The van der Waals surface area contributed by atoms with Gasteiger partial charge >= 0.3 is 0 Å². The molecule has 0 atom stereocenters. The lowest BCUT2D eigenvalue weighted by Gasteiger charge is -2.13. The number of methoxy groups -OCH3 is 1. The van der Waals surface area contributed by atoms with Crippen LogP contribution in [0.15, 0.2) is 60.7 Å². The maximum Gasteiger partial charge on any atom is 0.257 e. The summed E-state index contributed by atoms with van der Waals surface area (Å²) < 4.78 is 6.06. The molecule has 29 heavy (non-hydrogen) atoms. The van der Waals surface area contributed by atoms with Crippen molar-refractivity contribution in [2.45, 2.75) is 13.8 Å². The Morgan fingerprint density at radius 2 is 1.62 bits per heavy atom. The molecule has 3 aromatic rings. The van der Waals surface area contributed by atoms with Gasteiger partial charge in [0.2, 0.25) is 0 Å². The molecule has 2 N–H and O–H groups in total. The van der Waals surface area contributed by atoms with E-state index in [1.807, 2.05) is 32.0 Å². The molecular weight excluding hydrogens is 479 g/mol. The average Bonchev–Trinajstić information content (AvgIpc) is 2.71. The standard InChI is InChI=1S/C23H21IN2O3/c1-14-8-10-17(12-15(14)2)25-23(28)18-6-4-5-7-20(18)26-22(27)16-9-11-21(29-3)19(24)13-16/h4-13H,1-3H3,(H,25,28)(H,26,27). The van der Waals surface area contributed by atoms with Gasteiger partial charge in [-0.2, -0.15) is 0 Å². The number of rotatable bonds is 5. The number of hydrogen-bond donors (Lipinski definition) is 2. The van der Waals surface area contributed by atoms with Gasteiger partial charge in [-0.05, 0) is 90.0 Å². The van der Waals surface area contributed by atoms with E-state index < -0.39 is 0 Å². The number of aryl methyl sites for hydroxylation is 2. The van der Waals surface area contributed by atoms with E-state index in [0.29, 0.717) is 28.3 Å². The Bertz CT molecular complexity index is 1080. The number of hydrogen-bond acceptors (Lipinski definition) is 3. The molecule has 0 spiro atoms. The van der Waals surface area contributed by atoms with Crippen LogP contribution in [0.5, 0.6) is 5.75 Å². The van der Waals surface area contributed by atoms with Crippen LogP contribution in [0.1, 0.15) is 31.8 Å². The van der Waals surface area contributed by atoms with E-state index in [2.05, 4.69) is 33.2 Å². The van der Waals surface area contributed by atoms with Crippen molar-refractivity contribution < 1.29 is 14.3 Å². The highest BCUT2D eigenvalue weighted by Gasteiger charge is 2.15. The number of para-hydroxylation sites is 1. The van der Waals surface area contributed by atoms with E-state index in [1.54, 1.807) is 49.6 Å². The number of anilines is 2. The van der Waals surface area contributed by atoms with Crippen LogP contribution >= 0.6 is 22.6 Å². The third kappa shape index (κ3) is 4.95. The monoisotopic (exact) mass is 500 g/mol. The van der Waals surface area contributed by atoms with Crippen molar-refractivity contribution in [2.24, 2.45) is 0 Å². The van der Waals surface area contributed by atoms with Crippen molar-refractivity contribution in [1.82, 2.24) is 0 Å². The zero-order chi connectivity index (χ0) is 21.0. The summed E-state index contributed by atoms with van der Waals surface area (Å²) in [6.45, 7) is 4.02. The first-order valence-corrected chi connectivity index (χ1v) is 10.1. The van der Waals surface area contributed by atoms with E-state index in [-0.39, 0.29) is 11.8 Å². The topological polar surface area (TPSA) is 67.4 Å². The van der Waals surface area contributed by atoms with Gasteiger partial charge in [-0.3, -0.25) is 9.59 Å². The largest absolute Gasteiger partial charge is 0.496 e. The summed E-state index contributed by atoms with van der Waals surface area (Å²) in [5.41, 5.74) is 4.29. The quantitative estimate of drug-likeness (QED) is 0.460. The van der Waals surface area contributed by atoms with E-state index in [0.717, 1.165) is 14.7 Å². The zero-order valence-corrected chi connectivity index (χ0v) is 18.5. The van der Waals surface area contributed by atoms with Crippen LogP contribution in [0.2, 0.25) is 0 Å². The lowest BCUT2D eigenvalue weighted by molar-refractivity contribution is 0.102. The van der Waals surface area contributed by atoms with Crippen molar-refractivity contribution in [2.75, 3.05) is 17.7 Å². The molecule has 0 aromatic heterocycles. The SMILES string of the molecule is COc1ccc(C(=O)Nc2ccccc2C(=O)Nc2ccc(C)c(C)c2)cc1I. The smallest absolute Gasteiger partial charge is 0.257 e. The Morgan fingerprint density at radius 1 is 0.862 bits per heavy atom. The fourth-order valence-electron chi connectivity index (χ4n) is 2.81. The molecule has 0 aliphatic carbocycles. The third-order valence-electron chi connectivity index (χ3n) is 4.60. The summed E-state index contributed by atoms with van der Waals surface area (Å²) in [5, 5.41) is 5.73. The van der Waals surface area contributed by atoms with Crippen LogP contribution in [0, 0.1) is 17.4 Å². The van der Waals surface area contributed by atoms with Crippen LogP contribution in [0.25, 0.3) is 0 Å². The van der Waals surface area contributed by atoms with Crippen LogP contribution < -0.4 is 15.4 Å². The van der Waals surface area contributed by atoms with E-state index in [1.165, 1.54) is 0 Å². The van der Waals surface area contributed by atoms with Gasteiger partial charge in [0, 0.05) is 11.3 Å². The second-order valence-corrected chi connectivity index (χ2v) is 7.76. The third-order valence-corrected chi connectivity index (χ3v) is 5.44. The van der Waals surface area contributed by atoms with Crippen LogP contribution in [0.4, 0.5) is 11.4 Å². The Labute approximate surface area is 183 Å². The lowest BCUT2D eigenvalue weighted by Crippen LogP contribution is -2.18. The van der Waals surface area contributed by atoms with Crippen molar-refractivity contribution in [3.05, 3.63) is 86.5 Å². The summed E-state index contributed by atoms with van der Waals surface area (Å²) >= 11 is 2.12. The number of carbonyl (C=O) groups is 2. The van der Waals surface area contributed by atoms with Crippen molar-refractivity contribution in [3.63, 3.8) is 0 Å². The first-order valence-electron chi connectivity index (χ1n) is 9.01. The molecule has 5 nitrogen and oxygen atoms in total. The molecule has 2 amide bonds. The summed E-state index contributed by atoms with van der Waals surface area (Å²) in [5.74, 6) is 0.126. The van der Waals surface area contributed by atoms with Crippen molar-refractivity contribution in [3.8, 4) is 5.75 Å². The van der Waals surface area contributed by atoms with Crippen molar-refractivity contribution in [1.29, 1.82) is 0 Å². The number of amides is 2. The molecule has 0 aliphatic heterocycles. The molecule has 0 saturated carbocycles. The van der Waals surface area contributed by atoms with Crippen molar-refractivity contribution >= 4 is 45.8 Å². The molecule has 3 rings (SSSR count). The van der Waals surface area contributed by atoms with Gasteiger partial charge in [0.25, 0.3) is 11.8 Å². The molecule has 0 unspecified atom stereocenters. The first-order chi connectivity index (χ1) is 13.9. The fraction of sp³-hybridized carbons (Fsp3) is 0.130. The summed E-state index contributed by atoms with van der Waals surface area (Å²) in [7, 11) is 1.58. The highest BCUT2D eigenvalue weighted by Crippen LogP contribution is 2.23. The number of carbonyl (C=O) groups excluding carboxylic acids is 2. The van der Waals surface area contributed by atoms with Gasteiger partial charge in [-0.1, -0.05) is 18.2 Å². The van der Waals surface area contributed by atoms with E-state index >= 15 is 0 Å². The van der Waals surface area contributed by atoms with Gasteiger partial charge in [0.15, 0.2) is 0 Å². The molecule has 0 fully saturated rings. The molecule has 148 valence electrons. The molecule has 6 heteroatoms. The number of halogens is 1. The molecule has 0 heterocycles.